The van der Waals surface area contributed by atoms with E-state index < -0.39 is 0 Å². The molecule has 1 amide bonds. The number of nitrogens with zero attached hydrogens (tertiary/aromatic N) is 3. The van der Waals surface area contributed by atoms with Crippen LogP contribution in [-0.4, -0.2) is 54.1 Å². The Morgan fingerprint density at radius 2 is 1.91 bits per heavy atom. The Balaban J connectivity index is 1.36. The number of nitrogens with one attached hydrogen (secondary N) is 2. The Hall–Kier alpha value is -3.47. The summed E-state index contributed by atoms with van der Waals surface area (Å²) in [6, 6.07) is 10.2. The highest BCUT2D eigenvalue weighted by Crippen LogP contribution is 2.31. The molecule has 0 radical (unpaired) electrons. The summed E-state index contributed by atoms with van der Waals surface area (Å²) < 4.78 is 5.34. The van der Waals surface area contributed by atoms with Crippen LogP contribution in [0.15, 0.2) is 42.7 Å². The number of methoxy groups -OCH3 is 1. The summed E-state index contributed by atoms with van der Waals surface area (Å²) in [5.74, 6) is 7.94. The summed E-state index contributed by atoms with van der Waals surface area (Å²) in [7, 11) is 3.59. The Kier molecular flexibility index (Phi) is 5.95. The molecule has 0 spiro atoms. The third kappa shape index (κ3) is 4.82. The molecular formula is C26H27N5O2. The fourth-order valence-corrected chi connectivity index (χ4v) is 3.97. The molecule has 1 saturated carbocycles. The zero-order chi connectivity index (χ0) is 22.8. The molecule has 0 atom stereocenters. The van der Waals surface area contributed by atoms with Gasteiger partial charge in [-0.1, -0.05) is 24.0 Å². The molecule has 1 aromatic carbocycles. The summed E-state index contributed by atoms with van der Waals surface area (Å²) in [5.41, 5.74) is 3.01. The van der Waals surface area contributed by atoms with Crippen molar-refractivity contribution < 1.29 is 9.53 Å². The van der Waals surface area contributed by atoms with Crippen LogP contribution in [0.1, 0.15) is 29.5 Å². The van der Waals surface area contributed by atoms with Crippen LogP contribution in [0.5, 0.6) is 0 Å². The van der Waals surface area contributed by atoms with Crippen LogP contribution in [0.2, 0.25) is 0 Å². The van der Waals surface area contributed by atoms with Gasteiger partial charge in [0.05, 0.1) is 11.7 Å². The van der Waals surface area contributed by atoms with E-state index in [1.54, 1.807) is 19.5 Å². The second kappa shape index (κ2) is 9.18. The number of carbonyl (C=O) groups excluding carboxylic acids is 1. The monoisotopic (exact) mass is 441 g/mol. The van der Waals surface area contributed by atoms with Crippen LogP contribution < -0.4 is 10.6 Å². The van der Waals surface area contributed by atoms with Gasteiger partial charge in [-0.15, -0.1) is 0 Å². The van der Waals surface area contributed by atoms with E-state index in [2.05, 4.69) is 61.6 Å². The Morgan fingerprint density at radius 1 is 1.12 bits per heavy atom. The number of benzene rings is 1. The molecule has 1 aliphatic heterocycles. The standard InChI is InChI=1S/C26H27N5O2/c1-27-25-23-13-28-24(30-26(32)19-9-10-19)11-22(23)20(12-29-25)8-7-17-3-5-18(6-4-17)14-31-15-21(16-31)33-2/h3-6,11-13,19,21H,9-10,14-16H2,1-2H3,(H,27,29)(H,28,30,32). The number of hydrogen-bond acceptors (Lipinski definition) is 6. The maximum absolute atomic E-state index is 12.2. The fraction of sp³-hybridized carbons (Fsp3) is 0.346. The Bertz CT molecular complexity index is 1240. The topological polar surface area (TPSA) is 79.4 Å². The van der Waals surface area contributed by atoms with Gasteiger partial charge in [0.25, 0.3) is 0 Å². The van der Waals surface area contributed by atoms with Crippen molar-refractivity contribution in [3.05, 3.63) is 59.4 Å². The van der Waals surface area contributed by atoms with Gasteiger partial charge in [0, 0.05) is 68.4 Å². The summed E-state index contributed by atoms with van der Waals surface area (Å²) in [4.78, 5) is 23.4. The lowest BCUT2D eigenvalue weighted by Gasteiger charge is -2.38. The van der Waals surface area contributed by atoms with E-state index in [9.17, 15) is 4.79 Å². The molecule has 1 saturated heterocycles. The van der Waals surface area contributed by atoms with E-state index in [-0.39, 0.29) is 11.8 Å². The largest absolute Gasteiger partial charge is 0.379 e. The highest BCUT2D eigenvalue weighted by atomic mass is 16.5. The number of amides is 1. The van der Waals surface area contributed by atoms with Crippen molar-refractivity contribution in [2.45, 2.75) is 25.5 Å². The Labute approximate surface area is 193 Å². The summed E-state index contributed by atoms with van der Waals surface area (Å²) in [6.07, 6.45) is 5.77. The molecule has 5 rings (SSSR count). The van der Waals surface area contributed by atoms with Gasteiger partial charge in [0.2, 0.25) is 5.91 Å². The van der Waals surface area contributed by atoms with Gasteiger partial charge in [0.1, 0.15) is 11.6 Å². The molecule has 2 N–H and O–H groups in total. The second-order valence-electron chi connectivity index (χ2n) is 8.65. The number of aromatic nitrogens is 2. The zero-order valence-corrected chi connectivity index (χ0v) is 18.9. The van der Waals surface area contributed by atoms with Crippen LogP contribution >= 0.6 is 0 Å². The molecular weight excluding hydrogens is 414 g/mol. The summed E-state index contributed by atoms with van der Waals surface area (Å²) in [6.45, 7) is 2.90. The number of fused-ring (bicyclic) bond motifs is 1. The van der Waals surface area contributed by atoms with E-state index in [1.807, 2.05) is 13.1 Å². The molecule has 3 heterocycles. The van der Waals surface area contributed by atoms with Gasteiger partial charge < -0.3 is 15.4 Å². The lowest BCUT2D eigenvalue weighted by molar-refractivity contribution is -0.117. The normalized spacial score (nSPS) is 16.1. The number of carbonyl (C=O) groups is 1. The molecule has 2 aliphatic rings. The quantitative estimate of drug-likeness (QED) is 0.572. The van der Waals surface area contributed by atoms with Crippen LogP contribution in [0.4, 0.5) is 11.6 Å². The maximum Gasteiger partial charge on any atom is 0.228 e. The smallest absolute Gasteiger partial charge is 0.228 e. The van der Waals surface area contributed by atoms with Gasteiger partial charge in [-0.3, -0.25) is 9.69 Å². The van der Waals surface area contributed by atoms with E-state index in [0.717, 1.165) is 60.2 Å². The Morgan fingerprint density at radius 3 is 2.61 bits per heavy atom. The number of hydrogen-bond donors (Lipinski definition) is 2. The minimum absolute atomic E-state index is 0.0356. The van der Waals surface area contributed by atoms with Crippen molar-refractivity contribution in [1.29, 1.82) is 0 Å². The fourth-order valence-electron chi connectivity index (χ4n) is 3.97. The van der Waals surface area contributed by atoms with Crippen molar-refractivity contribution in [2.24, 2.45) is 5.92 Å². The first kappa shape index (κ1) is 21.4. The van der Waals surface area contributed by atoms with Gasteiger partial charge >= 0.3 is 0 Å². The highest BCUT2D eigenvalue weighted by Gasteiger charge is 2.30. The zero-order valence-electron chi connectivity index (χ0n) is 18.9. The molecule has 7 nitrogen and oxygen atoms in total. The van der Waals surface area contributed by atoms with Gasteiger partial charge in [0.15, 0.2) is 0 Å². The first-order chi connectivity index (χ1) is 16.1. The number of rotatable bonds is 6. The summed E-state index contributed by atoms with van der Waals surface area (Å²) in [5, 5.41) is 7.80. The minimum Gasteiger partial charge on any atom is -0.379 e. The van der Waals surface area contributed by atoms with Gasteiger partial charge in [-0.25, -0.2) is 9.97 Å². The molecule has 0 bridgehead atoms. The average Bonchev–Trinajstić information content (AvgIpc) is 3.66. The van der Waals surface area contributed by atoms with Crippen LogP contribution in [0.25, 0.3) is 10.8 Å². The number of likely N-dealkylation sites (tertiary alicyclic amines) is 1. The van der Waals surface area contributed by atoms with Crippen LogP contribution in [0, 0.1) is 17.8 Å². The average molecular weight is 442 g/mol. The number of ether oxygens (including phenoxy) is 1. The lowest BCUT2D eigenvalue weighted by Crippen LogP contribution is -2.50. The first-order valence-corrected chi connectivity index (χ1v) is 11.3. The summed E-state index contributed by atoms with van der Waals surface area (Å²) >= 11 is 0. The van der Waals surface area contributed by atoms with Gasteiger partial charge in [-0.2, -0.15) is 0 Å². The first-order valence-electron chi connectivity index (χ1n) is 11.3. The van der Waals surface area contributed by atoms with Crippen LogP contribution in [-0.2, 0) is 16.1 Å². The van der Waals surface area contributed by atoms with Crippen molar-refractivity contribution in [1.82, 2.24) is 14.9 Å². The highest BCUT2D eigenvalue weighted by molar-refractivity contribution is 5.99. The number of pyridine rings is 2. The predicted molar refractivity (Wildman–Crippen MR) is 129 cm³/mol. The van der Waals surface area contributed by atoms with Crippen LogP contribution in [0.3, 0.4) is 0 Å². The van der Waals surface area contributed by atoms with Crippen molar-refractivity contribution in [3.63, 3.8) is 0 Å². The predicted octanol–water partition coefficient (Wildman–Crippen LogP) is 3.25. The molecule has 0 unspecified atom stereocenters. The SMILES string of the molecule is CNc1ncc(C#Cc2ccc(CN3CC(OC)C3)cc2)c2cc(NC(=O)C3CC3)ncc12. The van der Waals surface area contributed by atoms with E-state index in [4.69, 9.17) is 4.74 Å². The van der Waals surface area contributed by atoms with Crippen molar-refractivity contribution in [2.75, 3.05) is 37.9 Å². The molecule has 33 heavy (non-hydrogen) atoms. The van der Waals surface area contributed by atoms with Crippen molar-refractivity contribution >= 4 is 28.3 Å². The third-order valence-corrected chi connectivity index (χ3v) is 6.17. The molecule has 2 aromatic heterocycles. The molecule has 168 valence electrons. The second-order valence-corrected chi connectivity index (χ2v) is 8.65. The molecule has 3 aromatic rings. The number of anilines is 2. The molecule has 1 aliphatic carbocycles. The lowest BCUT2D eigenvalue weighted by atomic mass is 10.1. The van der Waals surface area contributed by atoms with Gasteiger partial charge in [-0.05, 0) is 36.6 Å². The molecule has 2 fully saturated rings. The van der Waals surface area contributed by atoms with E-state index >= 15 is 0 Å². The van der Waals surface area contributed by atoms with Crippen molar-refractivity contribution in [3.8, 4) is 11.8 Å². The minimum atomic E-state index is 0.0356. The third-order valence-electron chi connectivity index (χ3n) is 6.17. The van der Waals surface area contributed by atoms with E-state index in [1.165, 1.54) is 5.56 Å². The molecule has 7 heteroatoms. The maximum atomic E-state index is 12.2. The van der Waals surface area contributed by atoms with E-state index in [0.29, 0.717) is 11.9 Å².